The molecule has 1 unspecified atom stereocenters. The van der Waals surface area contributed by atoms with E-state index < -0.39 is 0 Å². The van der Waals surface area contributed by atoms with Crippen LogP contribution < -0.4 is 10.6 Å². The van der Waals surface area contributed by atoms with E-state index in [0.29, 0.717) is 6.04 Å². The van der Waals surface area contributed by atoms with Crippen molar-refractivity contribution in [3.63, 3.8) is 0 Å². The lowest BCUT2D eigenvalue weighted by molar-refractivity contribution is 0.503. The average Bonchev–Trinajstić information content (AvgIpc) is 2.27. The Bertz CT molecular complexity index is 345. The molecule has 2 N–H and O–H groups in total. The van der Waals surface area contributed by atoms with Crippen molar-refractivity contribution in [3.05, 3.63) is 29.8 Å². The lowest BCUT2D eigenvalue weighted by Gasteiger charge is -2.31. The summed E-state index contributed by atoms with van der Waals surface area (Å²) in [6.45, 7) is 8.85. The summed E-state index contributed by atoms with van der Waals surface area (Å²) in [5.74, 6) is 0.718. The fourth-order valence-corrected chi connectivity index (χ4v) is 2.27. The molecule has 0 saturated heterocycles. The van der Waals surface area contributed by atoms with E-state index in [-0.39, 0.29) is 6.04 Å². The quantitative estimate of drug-likeness (QED) is 0.844. The van der Waals surface area contributed by atoms with Crippen LogP contribution in [0.25, 0.3) is 0 Å². The maximum atomic E-state index is 6.03. The Morgan fingerprint density at radius 3 is 2.24 bits per heavy atom. The molecule has 0 aromatic heterocycles. The van der Waals surface area contributed by atoms with Crippen molar-refractivity contribution in [1.29, 1.82) is 0 Å². The van der Waals surface area contributed by atoms with Crippen molar-refractivity contribution in [2.45, 2.75) is 46.2 Å². The van der Waals surface area contributed by atoms with Crippen LogP contribution in [0.15, 0.2) is 24.3 Å². The number of rotatable bonds is 5. The molecule has 1 rings (SSSR count). The summed E-state index contributed by atoms with van der Waals surface area (Å²) in [7, 11) is 2.16. The summed E-state index contributed by atoms with van der Waals surface area (Å²) >= 11 is 0. The Hall–Kier alpha value is -1.02. The molecule has 1 aromatic rings. The molecule has 0 radical (unpaired) electrons. The van der Waals surface area contributed by atoms with Gasteiger partial charge in [-0.05, 0) is 37.8 Å². The number of anilines is 1. The van der Waals surface area contributed by atoms with Gasteiger partial charge in [-0.25, -0.2) is 0 Å². The highest BCUT2D eigenvalue weighted by atomic mass is 15.1. The van der Waals surface area contributed by atoms with Gasteiger partial charge in [-0.15, -0.1) is 0 Å². The molecule has 2 heteroatoms. The molecule has 17 heavy (non-hydrogen) atoms. The first-order valence-electron chi connectivity index (χ1n) is 6.50. The molecule has 0 fully saturated rings. The third-order valence-electron chi connectivity index (χ3n) is 3.28. The molecule has 2 nitrogen and oxygen atoms in total. The van der Waals surface area contributed by atoms with E-state index in [9.17, 15) is 0 Å². The fraction of sp³-hybridized carbons (Fsp3) is 0.600. The molecular weight excluding hydrogens is 208 g/mol. The predicted molar refractivity (Wildman–Crippen MR) is 76.4 cm³/mol. The standard InChI is InChI=1S/C15H26N2/c1-11(2)10-12(3)17(5)15-9-7-6-8-14(15)13(4)16/h6-9,11-13H,10,16H2,1-5H3/t12?,13-/m0/s1. The van der Waals surface area contributed by atoms with Crippen molar-refractivity contribution < 1.29 is 0 Å². The molecule has 0 aliphatic rings. The number of benzene rings is 1. The Morgan fingerprint density at radius 2 is 1.71 bits per heavy atom. The summed E-state index contributed by atoms with van der Waals surface area (Å²) in [5, 5.41) is 0. The summed E-state index contributed by atoms with van der Waals surface area (Å²) < 4.78 is 0. The summed E-state index contributed by atoms with van der Waals surface area (Å²) in [6.07, 6.45) is 1.20. The Kier molecular flexibility index (Phi) is 5.01. The van der Waals surface area contributed by atoms with Crippen molar-refractivity contribution in [2.75, 3.05) is 11.9 Å². The minimum atomic E-state index is 0.0832. The van der Waals surface area contributed by atoms with E-state index in [1.165, 1.54) is 17.7 Å². The highest BCUT2D eigenvalue weighted by Crippen LogP contribution is 2.26. The van der Waals surface area contributed by atoms with Gasteiger partial charge in [-0.2, -0.15) is 0 Å². The Morgan fingerprint density at radius 1 is 1.12 bits per heavy atom. The number of nitrogens with zero attached hydrogens (tertiary/aromatic N) is 1. The highest BCUT2D eigenvalue weighted by Gasteiger charge is 2.15. The topological polar surface area (TPSA) is 29.3 Å². The van der Waals surface area contributed by atoms with Gasteiger partial charge in [0.25, 0.3) is 0 Å². The van der Waals surface area contributed by atoms with Crippen molar-refractivity contribution in [2.24, 2.45) is 11.7 Å². The van der Waals surface area contributed by atoms with E-state index in [2.05, 4.69) is 57.0 Å². The van der Waals surface area contributed by atoms with Gasteiger partial charge in [0, 0.05) is 24.8 Å². The van der Waals surface area contributed by atoms with Crippen molar-refractivity contribution in [1.82, 2.24) is 0 Å². The first-order chi connectivity index (χ1) is 7.93. The second-order valence-corrected chi connectivity index (χ2v) is 5.44. The van der Waals surface area contributed by atoms with Crippen LogP contribution in [0.2, 0.25) is 0 Å². The minimum absolute atomic E-state index is 0.0832. The number of hydrogen-bond acceptors (Lipinski definition) is 2. The van der Waals surface area contributed by atoms with E-state index in [1.807, 2.05) is 6.92 Å². The molecule has 0 bridgehead atoms. The maximum absolute atomic E-state index is 6.03. The van der Waals surface area contributed by atoms with E-state index in [0.717, 1.165) is 5.92 Å². The first-order valence-corrected chi connectivity index (χ1v) is 6.50. The second kappa shape index (κ2) is 6.06. The number of nitrogens with two attached hydrogens (primary N) is 1. The van der Waals surface area contributed by atoms with Crippen LogP contribution in [-0.2, 0) is 0 Å². The zero-order chi connectivity index (χ0) is 13.0. The van der Waals surface area contributed by atoms with Gasteiger partial charge in [0.05, 0.1) is 0 Å². The molecule has 0 spiro atoms. The minimum Gasteiger partial charge on any atom is -0.372 e. The predicted octanol–water partition coefficient (Wildman–Crippen LogP) is 3.58. The van der Waals surface area contributed by atoms with Gasteiger partial charge in [0.1, 0.15) is 0 Å². The summed E-state index contributed by atoms with van der Waals surface area (Å²) in [4.78, 5) is 2.35. The van der Waals surface area contributed by atoms with E-state index in [4.69, 9.17) is 5.73 Å². The van der Waals surface area contributed by atoms with Gasteiger partial charge in [-0.3, -0.25) is 0 Å². The molecule has 96 valence electrons. The second-order valence-electron chi connectivity index (χ2n) is 5.44. The normalized spacial score (nSPS) is 14.8. The van der Waals surface area contributed by atoms with Crippen LogP contribution in [0, 0.1) is 5.92 Å². The van der Waals surface area contributed by atoms with Crippen molar-refractivity contribution >= 4 is 5.69 Å². The SMILES string of the molecule is CC(C)CC(C)N(C)c1ccccc1[C@H](C)N. The van der Waals surface area contributed by atoms with Crippen LogP contribution in [0.5, 0.6) is 0 Å². The van der Waals surface area contributed by atoms with Crippen LogP contribution in [0.3, 0.4) is 0 Å². The van der Waals surface area contributed by atoms with Crippen molar-refractivity contribution in [3.8, 4) is 0 Å². The smallest absolute Gasteiger partial charge is 0.0414 e. The highest BCUT2D eigenvalue weighted by molar-refractivity contribution is 5.54. The van der Waals surface area contributed by atoms with Gasteiger partial charge in [-0.1, -0.05) is 32.0 Å². The van der Waals surface area contributed by atoms with Crippen LogP contribution in [-0.4, -0.2) is 13.1 Å². The zero-order valence-corrected chi connectivity index (χ0v) is 11.8. The maximum Gasteiger partial charge on any atom is 0.0414 e. The number of para-hydroxylation sites is 1. The largest absolute Gasteiger partial charge is 0.372 e. The van der Waals surface area contributed by atoms with E-state index in [1.54, 1.807) is 0 Å². The lowest BCUT2D eigenvalue weighted by Crippen LogP contribution is -2.31. The van der Waals surface area contributed by atoms with Gasteiger partial charge >= 0.3 is 0 Å². The molecule has 1 aromatic carbocycles. The first kappa shape index (κ1) is 14.0. The fourth-order valence-electron chi connectivity index (χ4n) is 2.27. The van der Waals surface area contributed by atoms with Gasteiger partial charge in [0.2, 0.25) is 0 Å². The van der Waals surface area contributed by atoms with Gasteiger partial charge < -0.3 is 10.6 Å². The van der Waals surface area contributed by atoms with Crippen LogP contribution in [0.1, 0.15) is 45.7 Å². The van der Waals surface area contributed by atoms with Crippen LogP contribution >= 0.6 is 0 Å². The summed E-state index contributed by atoms with van der Waals surface area (Å²) in [5.41, 5.74) is 8.51. The molecule has 0 heterocycles. The molecular formula is C15H26N2. The number of hydrogen-bond donors (Lipinski definition) is 1. The van der Waals surface area contributed by atoms with E-state index >= 15 is 0 Å². The zero-order valence-electron chi connectivity index (χ0n) is 11.8. The third-order valence-corrected chi connectivity index (χ3v) is 3.28. The average molecular weight is 234 g/mol. The molecule has 0 amide bonds. The molecule has 0 aliphatic carbocycles. The third kappa shape index (κ3) is 3.74. The summed E-state index contributed by atoms with van der Waals surface area (Å²) in [6, 6.07) is 9.05. The molecule has 0 aliphatic heterocycles. The Labute approximate surface area is 106 Å². The Balaban J connectivity index is 2.91. The van der Waals surface area contributed by atoms with Crippen LogP contribution in [0.4, 0.5) is 5.69 Å². The molecule has 0 saturated carbocycles. The molecule has 2 atom stereocenters. The van der Waals surface area contributed by atoms with Gasteiger partial charge in [0.15, 0.2) is 0 Å². The lowest BCUT2D eigenvalue weighted by atomic mass is 10.0. The monoisotopic (exact) mass is 234 g/mol.